The van der Waals surface area contributed by atoms with Crippen molar-refractivity contribution in [2.24, 2.45) is 5.92 Å². The molecule has 114 valence electrons. The van der Waals surface area contributed by atoms with E-state index in [0.717, 1.165) is 17.4 Å². The van der Waals surface area contributed by atoms with Crippen molar-refractivity contribution in [3.63, 3.8) is 0 Å². The Kier molecular flexibility index (Phi) is 5.04. The van der Waals surface area contributed by atoms with Crippen molar-refractivity contribution in [2.45, 2.75) is 32.3 Å². The highest BCUT2D eigenvalue weighted by Crippen LogP contribution is 2.30. The summed E-state index contributed by atoms with van der Waals surface area (Å²) in [7, 11) is 0. The van der Waals surface area contributed by atoms with E-state index in [9.17, 15) is 18.0 Å². The summed E-state index contributed by atoms with van der Waals surface area (Å²) in [5, 5.41) is 0. The number of allylic oxidation sites excluding steroid dienone is 1. The molecule has 0 fully saturated rings. The number of hydrogen-bond acceptors (Lipinski definition) is 2. The lowest BCUT2D eigenvalue weighted by atomic mass is 9.85. The van der Waals surface area contributed by atoms with E-state index in [-0.39, 0.29) is 11.7 Å². The second-order valence-electron chi connectivity index (χ2n) is 5.19. The number of carbonyl (C=O) groups excluding carboxylic acids is 1. The molecule has 0 bridgehead atoms. The summed E-state index contributed by atoms with van der Waals surface area (Å²) in [6, 6.07) is 4.86. The molecular formula is C16H17F3O2. The van der Waals surface area contributed by atoms with Gasteiger partial charge in [-0.25, -0.2) is 4.39 Å². The molecule has 0 radical (unpaired) electrons. The zero-order valence-corrected chi connectivity index (χ0v) is 11.7. The Morgan fingerprint density at radius 2 is 2.19 bits per heavy atom. The lowest BCUT2D eigenvalue weighted by Gasteiger charge is -2.21. The molecule has 1 aliphatic rings. The number of halogens is 3. The fraction of sp³-hybridized carbons (Fsp3) is 0.438. The predicted molar refractivity (Wildman–Crippen MR) is 74.4 cm³/mol. The van der Waals surface area contributed by atoms with E-state index >= 15 is 0 Å². The molecular weight excluding hydrogens is 281 g/mol. The SMILES string of the molecule is C[C@H]1Cc2cc(OC(F)C(F)CCF)ccc2C=C1C=O. The minimum absolute atomic E-state index is 0.0758. The molecule has 5 heteroatoms. The Bertz CT molecular complexity index is 542. The molecule has 0 aromatic heterocycles. The van der Waals surface area contributed by atoms with Gasteiger partial charge in [-0.15, -0.1) is 0 Å². The molecule has 0 saturated heterocycles. The zero-order valence-electron chi connectivity index (χ0n) is 11.7. The van der Waals surface area contributed by atoms with Crippen LogP contribution in [0.3, 0.4) is 0 Å². The van der Waals surface area contributed by atoms with E-state index in [2.05, 4.69) is 0 Å². The molecule has 0 aliphatic heterocycles. The lowest BCUT2D eigenvalue weighted by Crippen LogP contribution is -2.24. The minimum Gasteiger partial charge on any atom is -0.457 e. The van der Waals surface area contributed by atoms with Gasteiger partial charge in [0.15, 0.2) is 6.17 Å². The third kappa shape index (κ3) is 3.65. The van der Waals surface area contributed by atoms with Gasteiger partial charge >= 0.3 is 0 Å². The molecule has 2 unspecified atom stereocenters. The quantitative estimate of drug-likeness (QED) is 0.746. The monoisotopic (exact) mass is 298 g/mol. The number of rotatable bonds is 6. The van der Waals surface area contributed by atoms with Crippen LogP contribution >= 0.6 is 0 Å². The number of fused-ring (bicyclic) bond motifs is 1. The highest BCUT2D eigenvalue weighted by Gasteiger charge is 2.23. The second-order valence-corrected chi connectivity index (χ2v) is 5.19. The van der Waals surface area contributed by atoms with E-state index in [4.69, 9.17) is 4.74 Å². The number of carbonyl (C=O) groups is 1. The van der Waals surface area contributed by atoms with Crippen molar-refractivity contribution < 1.29 is 22.7 Å². The molecule has 1 aromatic carbocycles. The van der Waals surface area contributed by atoms with Crippen LogP contribution in [0.25, 0.3) is 6.08 Å². The van der Waals surface area contributed by atoms with Crippen molar-refractivity contribution in [3.05, 3.63) is 34.9 Å². The first-order valence-corrected chi connectivity index (χ1v) is 6.85. The van der Waals surface area contributed by atoms with Gasteiger partial charge in [-0.3, -0.25) is 9.18 Å². The maximum absolute atomic E-state index is 13.5. The van der Waals surface area contributed by atoms with Crippen molar-refractivity contribution >= 4 is 12.4 Å². The summed E-state index contributed by atoms with van der Waals surface area (Å²) >= 11 is 0. The normalized spacial score (nSPS) is 20.2. The average Bonchev–Trinajstić information content (AvgIpc) is 2.46. The van der Waals surface area contributed by atoms with E-state index in [1.54, 1.807) is 18.2 Å². The molecule has 1 aromatic rings. The predicted octanol–water partition coefficient (Wildman–Crippen LogP) is 3.83. The summed E-state index contributed by atoms with van der Waals surface area (Å²) in [5.74, 6) is 0.282. The van der Waals surface area contributed by atoms with E-state index in [1.807, 2.05) is 6.92 Å². The van der Waals surface area contributed by atoms with Crippen LogP contribution in [0.5, 0.6) is 5.75 Å². The topological polar surface area (TPSA) is 26.3 Å². The molecule has 0 N–H and O–H groups in total. The summed E-state index contributed by atoms with van der Waals surface area (Å²) in [6.45, 7) is 0.999. The third-order valence-corrected chi connectivity index (χ3v) is 3.59. The van der Waals surface area contributed by atoms with Gasteiger partial charge in [0.2, 0.25) is 0 Å². The number of ether oxygens (including phenoxy) is 1. The third-order valence-electron chi connectivity index (χ3n) is 3.59. The smallest absolute Gasteiger partial charge is 0.269 e. The standard InChI is InChI=1S/C16H17F3O2/c1-10-6-12-8-14(21-16(19)15(18)4-5-17)3-2-11(12)7-13(10)9-20/h2-3,7-10,15-16H,4-6H2,1H3/t10-,15?,16?/m0/s1. The maximum atomic E-state index is 13.5. The fourth-order valence-electron chi connectivity index (χ4n) is 2.33. The Morgan fingerprint density at radius 1 is 1.43 bits per heavy atom. The van der Waals surface area contributed by atoms with Gasteiger partial charge in [0.05, 0.1) is 6.67 Å². The van der Waals surface area contributed by atoms with Gasteiger partial charge in [0.1, 0.15) is 12.0 Å². The summed E-state index contributed by atoms with van der Waals surface area (Å²) in [4.78, 5) is 10.9. The molecule has 0 heterocycles. The number of benzene rings is 1. The first-order valence-electron chi connectivity index (χ1n) is 6.85. The summed E-state index contributed by atoms with van der Waals surface area (Å²) in [5.41, 5.74) is 2.50. The molecule has 2 rings (SSSR count). The first-order chi connectivity index (χ1) is 10.0. The molecule has 3 atom stereocenters. The minimum atomic E-state index is -2.18. The van der Waals surface area contributed by atoms with Crippen LogP contribution in [0.4, 0.5) is 13.2 Å². The summed E-state index contributed by atoms with van der Waals surface area (Å²) in [6.07, 6.45) is -1.42. The molecule has 2 nitrogen and oxygen atoms in total. The number of aldehydes is 1. The van der Waals surface area contributed by atoms with Crippen molar-refractivity contribution in [1.82, 2.24) is 0 Å². The Morgan fingerprint density at radius 3 is 2.86 bits per heavy atom. The van der Waals surface area contributed by atoms with Gasteiger partial charge in [0, 0.05) is 6.42 Å². The van der Waals surface area contributed by atoms with Gasteiger partial charge in [-0.05, 0) is 47.2 Å². The Labute approximate surface area is 121 Å². The fourth-order valence-corrected chi connectivity index (χ4v) is 2.33. The maximum Gasteiger partial charge on any atom is 0.269 e. The van der Waals surface area contributed by atoms with Crippen LogP contribution in [-0.2, 0) is 11.2 Å². The Balaban J connectivity index is 2.14. The van der Waals surface area contributed by atoms with Crippen molar-refractivity contribution in [3.8, 4) is 5.75 Å². The van der Waals surface area contributed by atoms with Gasteiger partial charge < -0.3 is 4.74 Å². The van der Waals surface area contributed by atoms with Crippen LogP contribution in [0.1, 0.15) is 24.5 Å². The van der Waals surface area contributed by atoms with E-state index < -0.39 is 25.6 Å². The van der Waals surface area contributed by atoms with Crippen LogP contribution in [0, 0.1) is 5.92 Å². The molecule has 21 heavy (non-hydrogen) atoms. The molecule has 1 aliphatic carbocycles. The van der Waals surface area contributed by atoms with Gasteiger partial charge in [-0.1, -0.05) is 13.0 Å². The largest absolute Gasteiger partial charge is 0.457 e. The van der Waals surface area contributed by atoms with Crippen LogP contribution in [0.15, 0.2) is 23.8 Å². The second kappa shape index (κ2) is 6.78. The summed E-state index contributed by atoms with van der Waals surface area (Å²) < 4.78 is 43.5. The highest BCUT2D eigenvalue weighted by atomic mass is 19.2. The first kappa shape index (κ1) is 15.6. The average molecular weight is 298 g/mol. The van der Waals surface area contributed by atoms with Crippen LogP contribution < -0.4 is 4.74 Å². The number of hydrogen-bond donors (Lipinski definition) is 0. The van der Waals surface area contributed by atoms with Gasteiger partial charge in [-0.2, -0.15) is 4.39 Å². The van der Waals surface area contributed by atoms with E-state index in [1.165, 1.54) is 6.07 Å². The van der Waals surface area contributed by atoms with Crippen LogP contribution in [-0.4, -0.2) is 25.5 Å². The zero-order chi connectivity index (χ0) is 15.4. The van der Waals surface area contributed by atoms with Crippen molar-refractivity contribution in [2.75, 3.05) is 6.67 Å². The van der Waals surface area contributed by atoms with Gasteiger partial charge in [0.25, 0.3) is 6.36 Å². The van der Waals surface area contributed by atoms with E-state index in [0.29, 0.717) is 12.0 Å². The lowest BCUT2D eigenvalue weighted by molar-refractivity contribution is -0.105. The molecule has 0 amide bonds. The highest BCUT2D eigenvalue weighted by molar-refractivity contribution is 5.84. The Hall–Kier alpha value is -1.78. The van der Waals surface area contributed by atoms with Crippen molar-refractivity contribution in [1.29, 1.82) is 0 Å². The molecule has 0 saturated carbocycles. The number of alkyl halides is 3. The van der Waals surface area contributed by atoms with Crippen LogP contribution in [0.2, 0.25) is 0 Å². The molecule has 0 spiro atoms.